The molecule has 1 aliphatic rings. The Morgan fingerprint density at radius 2 is 2.09 bits per heavy atom. The Labute approximate surface area is 125 Å². The largest absolute Gasteiger partial charge is 0.423 e. The number of nitro groups is 1. The van der Waals surface area contributed by atoms with Crippen LogP contribution in [0.2, 0.25) is 0 Å². The molecule has 1 aromatic carbocycles. The zero-order chi connectivity index (χ0) is 16.3. The summed E-state index contributed by atoms with van der Waals surface area (Å²) in [6.45, 7) is 0. The molecule has 1 aromatic rings. The average Bonchev–Trinajstić information content (AvgIpc) is 2.46. The van der Waals surface area contributed by atoms with Crippen LogP contribution in [0.25, 0.3) is 0 Å². The monoisotopic (exact) mass is 318 g/mol. The van der Waals surface area contributed by atoms with E-state index in [4.69, 9.17) is 4.74 Å². The first-order valence-corrected chi connectivity index (χ1v) is 6.96. The van der Waals surface area contributed by atoms with Crippen molar-refractivity contribution >= 4 is 11.4 Å². The summed E-state index contributed by atoms with van der Waals surface area (Å²) >= 11 is 0. The number of hydrogen-bond acceptors (Lipinski definition) is 4. The van der Waals surface area contributed by atoms with Crippen molar-refractivity contribution in [2.45, 2.75) is 44.0 Å². The summed E-state index contributed by atoms with van der Waals surface area (Å²) in [4.78, 5) is 9.70. The Balaban J connectivity index is 2.20. The Morgan fingerprint density at radius 3 is 2.68 bits per heavy atom. The summed E-state index contributed by atoms with van der Waals surface area (Å²) in [6, 6.07) is 3.00. The SMILES string of the molecule is COC1CCCC(Nc2ccc([N+](=O)[O-])c(C(F)(F)F)c2)C1. The number of halogens is 3. The summed E-state index contributed by atoms with van der Waals surface area (Å²) in [7, 11) is 1.61. The van der Waals surface area contributed by atoms with E-state index in [1.165, 1.54) is 6.07 Å². The maximum absolute atomic E-state index is 12.9. The molecule has 0 bridgehead atoms. The van der Waals surface area contributed by atoms with Gasteiger partial charge in [0.25, 0.3) is 5.69 Å². The molecule has 0 amide bonds. The van der Waals surface area contributed by atoms with Gasteiger partial charge in [-0.15, -0.1) is 0 Å². The molecule has 2 rings (SSSR count). The predicted molar refractivity (Wildman–Crippen MR) is 74.8 cm³/mol. The standard InChI is InChI=1S/C14H17F3N2O3/c1-22-11-4-2-3-9(7-11)18-10-5-6-13(19(20)21)12(8-10)14(15,16)17/h5-6,8-9,11,18H,2-4,7H2,1H3. The smallest absolute Gasteiger partial charge is 0.382 e. The number of nitro benzene ring substituents is 1. The molecule has 5 nitrogen and oxygen atoms in total. The molecule has 1 saturated carbocycles. The topological polar surface area (TPSA) is 64.4 Å². The van der Waals surface area contributed by atoms with Crippen LogP contribution in [0.1, 0.15) is 31.2 Å². The number of nitrogens with one attached hydrogen (secondary N) is 1. The first-order valence-electron chi connectivity index (χ1n) is 6.96. The molecule has 1 fully saturated rings. The second kappa shape index (κ2) is 6.51. The number of methoxy groups -OCH3 is 1. The number of ether oxygens (including phenoxy) is 1. The molecular weight excluding hydrogens is 301 g/mol. The van der Waals surface area contributed by atoms with Gasteiger partial charge in [-0.2, -0.15) is 13.2 Å². The highest BCUT2D eigenvalue weighted by Gasteiger charge is 2.38. The Bertz CT molecular complexity index is 549. The number of nitrogens with zero attached hydrogens (tertiary/aromatic N) is 1. The highest BCUT2D eigenvalue weighted by Crippen LogP contribution is 2.38. The van der Waals surface area contributed by atoms with E-state index in [-0.39, 0.29) is 17.8 Å². The third kappa shape index (κ3) is 3.88. The molecule has 1 N–H and O–H groups in total. The molecule has 22 heavy (non-hydrogen) atoms. The molecule has 2 unspecified atom stereocenters. The van der Waals surface area contributed by atoms with Crippen molar-refractivity contribution in [2.75, 3.05) is 12.4 Å². The van der Waals surface area contributed by atoms with Gasteiger partial charge in [-0.3, -0.25) is 10.1 Å². The lowest BCUT2D eigenvalue weighted by Gasteiger charge is -2.29. The van der Waals surface area contributed by atoms with Crippen molar-refractivity contribution in [1.82, 2.24) is 0 Å². The molecule has 2 atom stereocenters. The second-order valence-electron chi connectivity index (χ2n) is 5.35. The number of hydrogen-bond donors (Lipinski definition) is 1. The van der Waals surface area contributed by atoms with Gasteiger partial charge in [-0.25, -0.2) is 0 Å². The van der Waals surface area contributed by atoms with Crippen LogP contribution in [0.5, 0.6) is 0 Å². The van der Waals surface area contributed by atoms with Crippen molar-refractivity contribution in [3.8, 4) is 0 Å². The zero-order valence-electron chi connectivity index (χ0n) is 12.0. The highest BCUT2D eigenvalue weighted by atomic mass is 19.4. The third-order valence-electron chi connectivity index (χ3n) is 3.83. The molecule has 0 aromatic heterocycles. The van der Waals surface area contributed by atoms with E-state index in [2.05, 4.69) is 5.32 Å². The van der Waals surface area contributed by atoms with Crippen molar-refractivity contribution in [3.05, 3.63) is 33.9 Å². The number of rotatable bonds is 4. The van der Waals surface area contributed by atoms with Crippen LogP contribution in [-0.4, -0.2) is 24.2 Å². The lowest BCUT2D eigenvalue weighted by Crippen LogP contribution is -2.31. The van der Waals surface area contributed by atoms with Gasteiger partial charge in [0.2, 0.25) is 0 Å². The van der Waals surface area contributed by atoms with Crippen LogP contribution >= 0.6 is 0 Å². The van der Waals surface area contributed by atoms with Gasteiger partial charge in [0.15, 0.2) is 0 Å². The Kier molecular flexibility index (Phi) is 4.90. The van der Waals surface area contributed by atoms with E-state index in [0.29, 0.717) is 6.42 Å². The molecule has 1 aliphatic carbocycles. The van der Waals surface area contributed by atoms with Gasteiger partial charge in [-0.05, 0) is 37.8 Å². The predicted octanol–water partition coefficient (Wildman–Crippen LogP) is 3.98. The molecule has 0 heterocycles. The molecule has 0 aliphatic heterocycles. The van der Waals surface area contributed by atoms with E-state index in [1.54, 1.807) is 7.11 Å². The molecular formula is C14H17F3N2O3. The van der Waals surface area contributed by atoms with E-state index in [0.717, 1.165) is 31.4 Å². The fourth-order valence-electron chi connectivity index (χ4n) is 2.74. The molecule has 8 heteroatoms. The fourth-order valence-corrected chi connectivity index (χ4v) is 2.74. The summed E-state index contributed by atoms with van der Waals surface area (Å²) < 4.78 is 44.1. The van der Waals surface area contributed by atoms with Gasteiger partial charge in [0.1, 0.15) is 5.56 Å². The Morgan fingerprint density at radius 1 is 1.36 bits per heavy atom. The quantitative estimate of drug-likeness (QED) is 0.673. The molecule has 0 radical (unpaired) electrons. The molecule has 0 saturated heterocycles. The van der Waals surface area contributed by atoms with E-state index in [9.17, 15) is 23.3 Å². The van der Waals surface area contributed by atoms with Crippen LogP contribution < -0.4 is 5.32 Å². The molecule has 0 spiro atoms. The molecule has 122 valence electrons. The van der Waals surface area contributed by atoms with Crippen LogP contribution in [0.4, 0.5) is 24.5 Å². The average molecular weight is 318 g/mol. The summed E-state index contributed by atoms with van der Waals surface area (Å²) in [5.74, 6) is 0. The minimum Gasteiger partial charge on any atom is -0.382 e. The van der Waals surface area contributed by atoms with Gasteiger partial charge in [-0.1, -0.05) is 0 Å². The van der Waals surface area contributed by atoms with Crippen molar-refractivity contribution in [1.29, 1.82) is 0 Å². The van der Waals surface area contributed by atoms with Crippen LogP contribution in [0.15, 0.2) is 18.2 Å². The first-order chi connectivity index (χ1) is 10.3. The minimum atomic E-state index is -4.76. The lowest BCUT2D eigenvalue weighted by atomic mass is 9.92. The second-order valence-corrected chi connectivity index (χ2v) is 5.35. The number of alkyl halides is 3. The normalized spacial score (nSPS) is 22.4. The van der Waals surface area contributed by atoms with Gasteiger partial charge >= 0.3 is 6.18 Å². The fraction of sp³-hybridized carbons (Fsp3) is 0.571. The van der Waals surface area contributed by atoms with Crippen LogP contribution in [0.3, 0.4) is 0 Å². The maximum atomic E-state index is 12.9. The first kappa shape index (κ1) is 16.5. The summed E-state index contributed by atoms with van der Waals surface area (Å²) in [5, 5.41) is 13.7. The van der Waals surface area contributed by atoms with Gasteiger partial charge < -0.3 is 10.1 Å². The minimum absolute atomic E-state index is 0.00115. The Hall–Kier alpha value is -1.83. The van der Waals surface area contributed by atoms with E-state index >= 15 is 0 Å². The summed E-state index contributed by atoms with van der Waals surface area (Å²) in [6.07, 6.45) is -1.28. The third-order valence-corrected chi connectivity index (χ3v) is 3.83. The van der Waals surface area contributed by atoms with Gasteiger partial charge in [0.05, 0.1) is 11.0 Å². The lowest BCUT2D eigenvalue weighted by molar-refractivity contribution is -0.388. The van der Waals surface area contributed by atoms with Gasteiger partial charge in [0, 0.05) is 24.9 Å². The summed E-state index contributed by atoms with van der Waals surface area (Å²) in [5.41, 5.74) is -1.93. The number of anilines is 1. The van der Waals surface area contributed by atoms with Crippen molar-refractivity contribution in [2.24, 2.45) is 0 Å². The van der Waals surface area contributed by atoms with Crippen LogP contribution in [-0.2, 0) is 10.9 Å². The van der Waals surface area contributed by atoms with Crippen molar-refractivity contribution in [3.63, 3.8) is 0 Å². The highest BCUT2D eigenvalue weighted by molar-refractivity contribution is 5.55. The van der Waals surface area contributed by atoms with E-state index < -0.39 is 22.4 Å². The van der Waals surface area contributed by atoms with Crippen LogP contribution in [0, 0.1) is 10.1 Å². The number of benzene rings is 1. The van der Waals surface area contributed by atoms with E-state index in [1.807, 2.05) is 0 Å². The van der Waals surface area contributed by atoms with Crippen molar-refractivity contribution < 1.29 is 22.8 Å². The zero-order valence-corrected chi connectivity index (χ0v) is 12.0. The maximum Gasteiger partial charge on any atom is 0.423 e.